The number of hydrogen-bond donors (Lipinski definition) is 2. The molecule has 3 aromatic rings. The van der Waals surface area contributed by atoms with Crippen molar-refractivity contribution in [2.45, 2.75) is 0 Å². The van der Waals surface area contributed by atoms with E-state index in [9.17, 15) is 14.4 Å². The summed E-state index contributed by atoms with van der Waals surface area (Å²) in [6.07, 6.45) is 0. The van der Waals surface area contributed by atoms with Gasteiger partial charge in [0, 0.05) is 19.5 Å². The second kappa shape index (κ2) is 6.88. The lowest BCUT2D eigenvalue weighted by atomic mass is 10.2. The Morgan fingerprint density at radius 3 is 2.60 bits per heavy atom. The monoisotopic (exact) mass is 357 g/mol. The predicted molar refractivity (Wildman–Crippen MR) is 95.9 cm³/mol. The average Bonchev–Trinajstić information content (AvgIpc) is 3.01. The van der Waals surface area contributed by atoms with Gasteiger partial charge in [0.15, 0.2) is 0 Å². The lowest BCUT2D eigenvalue weighted by Crippen LogP contribution is -2.36. The Labute approximate surface area is 146 Å². The molecule has 7 nitrogen and oxygen atoms in total. The summed E-state index contributed by atoms with van der Waals surface area (Å²) in [6, 6.07) is 10.0. The van der Waals surface area contributed by atoms with E-state index in [1.165, 1.54) is 22.4 Å². The highest BCUT2D eigenvalue weighted by Gasteiger charge is 2.19. The number of rotatable bonds is 4. The zero-order valence-electron chi connectivity index (χ0n) is 13.5. The number of hydrazine groups is 1. The minimum atomic E-state index is -0.730. The highest BCUT2D eigenvalue weighted by Crippen LogP contribution is 2.24. The average molecular weight is 357 g/mol. The Kier molecular flexibility index (Phi) is 4.64. The molecule has 0 spiro atoms. The summed E-state index contributed by atoms with van der Waals surface area (Å²) in [7, 11) is 3.37. The molecule has 2 N–H and O–H groups in total. The summed E-state index contributed by atoms with van der Waals surface area (Å²) in [6.45, 7) is 0. The molecule has 0 aliphatic carbocycles. The number of anilines is 1. The van der Waals surface area contributed by atoms with Gasteiger partial charge in [0.1, 0.15) is 16.1 Å². The number of hydrogen-bond acceptors (Lipinski definition) is 6. The van der Waals surface area contributed by atoms with Crippen LogP contribution in [0.2, 0.25) is 0 Å². The summed E-state index contributed by atoms with van der Waals surface area (Å²) in [4.78, 5) is 36.6. The van der Waals surface area contributed by atoms with Crippen LogP contribution < -0.4 is 16.4 Å². The number of carbonyl (C=O) groups excluding carboxylic acids is 2. The molecule has 2 aromatic heterocycles. The molecule has 8 heteroatoms. The van der Waals surface area contributed by atoms with E-state index in [1.54, 1.807) is 49.8 Å². The predicted octanol–water partition coefficient (Wildman–Crippen LogP) is 2.31. The molecule has 0 radical (unpaired) electrons. The van der Waals surface area contributed by atoms with Gasteiger partial charge < -0.3 is 9.73 Å². The Morgan fingerprint density at radius 1 is 1.08 bits per heavy atom. The van der Waals surface area contributed by atoms with Gasteiger partial charge in [0.2, 0.25) is 0 Å². The Hall–Kier alpha value is -2.97. The van der Waals surface area contributed by atoms with Crippen LogP contribution in [0.1, 0.15) is 20.7 Å². The van der Waals surface area contributed by atoms with Crippen LogP contribution in [0.15, 0.2) is 51.0 Å². The van der Waals surface area contributed by atoms with Crippen LogP contribution in [-0.2, 0) is 0 Å². The van der Waals surface area contributed by atoms with Crippen LogP contribution in [-0.4, -0.2) is 30.9 Å². The lowest BCUT2D eigenvalue weighted by molar-refractivity contribution is 0.0858. The second-order valence-corrected chi connectivity index (χ2v) is 6.35. The number of fused-ring (bicyclic) bond motifs is 1. The molecular weight excluding hydrogens is 342 g/mol. The summed E-state index contributed by atoms with van der Waals surface area (Å²) in [5.41, 5.74) is 2.48. The molecular formula is C17H15N3O4S. The molecule has 128 valence electrons. The molecule has 2 amide bonds. The van der Waals surface area contributed by atoms with Crippen molar-refractivity contribution in [1.82, 2.24) is 10.4 Å². The van der Waals surface area contributed by atoms with E-state index in [0.717, 1.165) is 0 Å². The maximum atomic E-state index is 12.5. The molecule has 0 atom stereocenters. The molecule has 0 fully saturated rings. The van der Waals surface area contributed by atoms with Crippen molar-refractivity contribution in [3.63, 3.8) is 0 Å². The number of carbonyl (C=O) groups is 2. The summed E-state index contributed by atoms with van der Waals surface area (Å²) >= 11 is 1.19. The van der Waals surface area contributed by atoms with Gasteiger partial charge in [-0.2, -0.15) is 0 Å². The standard InChI is InChI=1S/C17H15N3O4S/c1-20(2)19-15(22)11-7-8-25-16(11)18-14(21)12-9-10-5-3-4-6-13(10)24-17(12)23/h3-9H,1-2H3,(H,18,21)(H,19,22). The maximum absolute atomic E-state index is 12.5. The van der Waals surface area contributed by atoms with Gasteiger partial charge in [-0.05, 0) is 23.6 Å². The van der Waals surface area contributed by atoms with E-state index < -0.39 is 11.5 Å². The van der Waals surface area contributed by atoms with Crippen LogP contribution >= 0.6 is 11.3 Å². The molecule has 0 aliphatic rings. The lowest BCUT2D eigenvalue weighted by Gasteiger charge is -2.12. The first-order valence-electron chi connectivity index (χ1n) is 7.36. The molecule has 0 saturated carbocycles. The number of benzene rings is 1. The van der Waals surface area contributed by atoms with E-state index in [0.29, 0.717) is 21.5 Å². The number of amides is 2. The van der Waals surface area contributed by atoms with E-state index in [1.807, 2.05) is 0 Å². The van der Waals surface area contributed by atoms with Crippen LogP contribution in [0.25, 0.3) is 11.0 Å². The van der Waals surface area contributed by atoms with E-state index in [-0.39, 0.29) is 11.5 Å². The van der Waals surface area contributed by atoms with Crippen molar-refractivity contribution in [1.29, 1.82) is 0 Å². The van der Waals surface area contributed by atoms with Crippen LogP contribution in [0.5, 0.6) is 0 Å². The topological polar surface area (TPSA) is 91.7 Å². The largest absolute Gasteiger partial charge is 0.422 e. The molecule has 0 saturated heterocycles. The van der Waals surface area contributed by atoms with Crippen molar-refractivity contribution < 1.29 is 14.0 Å². The fraction of sp³-hybridized carbons (Fsp3) is 0.118. The highest BCUT2D eigenvalue weighted by molar-refractivity contribution is 7.14. The number of thiophene rings is 1. The van der Waals surface area contributed by atoms with E-state index in [4.69, 9.17) is 4.42 Å². The van der Waals surface area contributed by atoms with Crippen LogP contribution in [0, 0.1) is 0 Å². The first-order valence-corrected chi connectivity index (χ1v) is 8.23. The fourth-order valence-corrected chi connectivity index (χ4v) is 3.02. The Morgan fingerprint density at radius 2 is 1.84 bits per heavy atom. The molecule has 0 bridgehead atoms. The first kappa shape index (κ1) is 16.9. The highest BCUT2D eigenvalue weighted by atomic mass is 32.1. The van der Waals surface area contributed by atoms with Gasteiger partial charge in [-0.1, -0.05) is 18.2 Å². The molecule has 3 rings (SSSR count). The zero-order chi connectivity index (χ0) is 18.0. The number of nitrogens with one attached hydrogen (secondary N) is 2. The van der Waals surface area contributed by atoms with Gasteiger partial charge in [-0.3, -0.25) is 15.0 Å². The van der Waals surface area contributed by atoms with Gasteiger partial charge in [0.25, 0.3) is 11.8 Å². The van der Waals surface area contributed by atoms with Crippen LogP contribution in [0.3, 0.4) is 0 Å². The normalized spacial score (nSPS) is 10.8. The summed E-state index contributed by atoms with van der Waals surface area (Å²) < 4.78 is 5.16. The van der Waals surface area contributed by atoms with Crippen molar-refractivity contribution in [3.05, 3.63) is 63.3 Å². The van der Waals surface area contributed by atoms with Gasteiger partial charge in [0.05, 0.1) is 5.56 Å². The fourth-order valence-electron chi connectivity index (χ4n) is 2.24. The molecule has 1 aromatic carbocycles. The van der Waals surface area contributed by atoms with Gasteiger partial charge in [-0.15, -0.1) is 11.3 Å². The molecule has 0 unspecified atom stereocenters. The summed E-state index contributed by atoms with van der Waals surface area (Å²) in [5.74, 6) is -0.979. The smallest absolute Gasteiger partial charge is 0.349 e. The van der Waals surface area contributed by atoms with Gasteiger partial charge >= 0.3 is 5.63 Å². The minimum Gasteiger partial charge on any atom is -0.422 e. The maximum Gasteiger partial charge on any atom is 0.349 e. The second-order valence-electron chi connectivity index (χ2n) is 5.44. The van der Waals surface area contributed by atoms with Gasteiger partial charge in [-0.25, -0.2) is 9.80 Å². The molecule has 25 heavy (non-hydrogen) atoms. The van der Waals surface area contributed by atoms with Crippen LogP contribution in [0.4, 0.5) is 5.00 Å². The Bertz CT molecular complexity index is 1010. The first-order chi connectivity index (χ1) is 12.0. The SMILES string of the molecule is CN(C)NC(=O)c1ccsc1NC(=O)c1cc2ccccc2oc1=O. The van der Waals surface area contributed by atoms with Crippen molar-refractivity contribution in [3.8, 4) is 0 Å². The van der Waals surface area contributed by atoms with E-state index in [2.05, 4.69) is 10.7 Å². The zero-order valence-corrected chi connectivity index (χ0v) is 14.3. The summed E-state index contributed by atoms with van der Waals surface area (Å²) in [5, 5.41) is 6.79. The van der Waals surface area contributed by atoms with Crippen molar-refractivity contribution >= 4 is 39.1 Å². The number of para-hydroxylation sites is 1. The third-order valence-corrected chi connectivity index (χ3v) is 4.18. The number of nitrogens with zero attached hydrogens (tertiary/aromatic N) is 1. The third-order valence-electron chi connectivity index (χ3n) is 3.35. The quantitative estimate of drug-likeness (QED) is 0.552. The van der Waals surface area contributed by atoms with Crippen molar-refractivity contribution in [2.24, 2.45) is 0 Å². The molecule has 0 aliphatic heterocycles. The molecule has 2 heterocycles. The minimum absolute atomic E-state index is 0.119. The Balaban J connectivity index is 1.89. The van der Waals surface area contributed by atoms with Crippen molar-refractivity contribution in [2.75, 3.05) is 19.4 Å². The third kappa shape index (κ3) is 3.59. The van der Waals surface area contributed by atoms with E-state index >= 15 is 0 Å².